The highest BCUT2D eigenvalue weighted by Crippen LogP contribution is 2.22. The predicted octanol–water partition coefficient (Wildman–Crippen LogP) is 0.664. The number of piperazine rings is 1. The van der Waals surface area contributed by atoms with E-state index in [1.54, 1.807) is 12.1 Å². The molecule has 1 aromatic heterocycles. The van der Waals surface area contributed by atoms with Crippen molar-refractivity contribution in [3.05, 3.63) is 41.7 Å². The molecule has 2 aromatic rings. The molecule has 29 heavy (non-hydrogen) atoms. The quantitative estimate of drug-likeness (QED) is 0.726. The molecule has 1 aliphatic rings. The Morgan fingerprint density at radius 3 is 2.31 bits per heavy atom. The van der Waals surface area contributed by atoms with E-state index in [9.17, 15) is 23.1 Å². The number of benzene rings is 1. The van der Waals surface area contributed by atoms with Gasteiger partial charge in [-0.2, -0.15) is 9.40 Å². The normalized spacial score (nSPS) is 15.3. The molecule has 0 saturated carbocycles. The van der Waals surface area contributed by atoms with Gasteiger partial charge >= 0.3 is 5.97 Å². The van der Waals surface area contributed by atoms with Crippen LogP contribution in [0, 0.1) is 0 Å². The molecular weight excluding hydrogens is 400 g/mol. The molecule has 0 spiro atoms. The van der Waals surface area contributed by atoms with Gasteiger partial charge in [0, 0.05) is 33.2 Å². The van der Waals surface area contributed by atoms with Crippen LogP contribution in [0.3, 0.4) is 0 Å². The van der Waals surface area contributed by atoms with Crippen molar-refractivity contribution in [1.82, 2.24) is 19.0 Å². The van der Waals surface area contributed by atoms with Crippen LogP contribution in [0.1, 0.15) is 27.8 Å². The van der Waals surface area contributed by atoms with Gasteiger partial charge in [0.15, 0.2) is 5.69 Å². The number of amides is 1. The van der Waals surface area contributed by atoms with Crippen molar-refractivity contribution in [2.75, 3.05) is 32.8 Å². The third kappa shape index (κ3) is 4.10. The summed E-state index contributed by atoms with van der Waals surface area (Å²) < 4.78 is 33.4. The number of aromatic carboxylic acids is 1. The molecule has 0 atom stereocenters. The number of carboxylic acid groups (broad SMARTS) is 1. The van der Waals surface area contributed by atoms with E-state index >= 15 is 0 Å². The van der Waals surface area contributed by atoms with Gasteiger partial charge in [0.25, 0.3) is 5.91 Å². The second-order valence-electron chi connectivity index (χ2n) is 6.44. The Hall–Kier alpha value is -2.92. The Bertz CT molecular complexity index is 1010. The van der Waals surface area contributed by atoms with Crippen LogP contribution < -0.4 is 4.74 Å². The average Bonchev–Trinajstić information content (AvgIpc) is 3.10. The van der Waals surface area contributed by atoms with E-state index in [4.69, 9.17) is 4.74 Å². The van der Waals surface area contributed by atoms with Crippen molar-refractivity contribution in [3.8, 4) is 5.75 Å². The lowest BCUT2D eigenvalue weighted by Gasteiger charge is -2.34. The van der Waals surface area contributed by atoms with Gasteiger partial charge in [-0.3, -0.25) is 9.48 Å². The van der Waals surface area contributed by atoms with Crippen LogP contribution >= 0.6 is 0 Å². The molecule has 0 unspecified atom stereocenters. The first-order chi connectivity index (χ1) is 13.8. The maximum absolute atomic E-state index is 12.8. The van der Waals surface area contributed by atoms with Crippen molar-refractivity contribution >= 4 is 21.9 Å². The first-order valence-electron chi connectivity index (χ1n) is 9.03. The number of carbonyl (C=O) groups is 2. The summed E-state index contributed by atoms with van der Waals surface area (Å²) in [6, 6.07) is 6.19. The van der Waals surface area contributed by atoms with E-state index in [0.29, 0.717) is 12.4 Å². The predicted molar refractivity (Wildman–Crippen MR) is 102 cm³/mol. The highest BCUT2D eigenvalue weighted by molar-refractivity contribution is 7.89. The third-order valence-corrected chi connectivity index (χ3v) is 6.58. The van der Waals surface area contributed by atoms with E-state index in [1.165, 1.54) is 34.6 Å². The number of carboxylic acids is 1. The number of carbonyl (C=O) groups excluding carboxylic acids is 1. The van der Waals surface area contributed by atoms with Crippen molar-refractivity contribution in [2.24, 2.45) is 7.05 Å². The molecule has 1 fully saturated rings. The van der Waals surface area contributed by atoms with E-state index in [-0.39, 0.29) is 42.3 Å². The zero-order valence-corrected chi connectivity index (χ0v) is 16.9. The maximum Gasteiger partial charge on any atom is 0.354 e. The lowest BCUT2D eigenvalue weighted by molar-refractivity contribution is 0.0648. The number of ether oxygens (including phenoxy) is 1. The fourth-order valence-electron chi connectivity index (χ4n) is 3.17. The third-order valence-electron chi connectivity index (χ3n) is 4.67. The number of hydrogen-bond acceptors (Lipinski definition) is 6. The number of aromatic nitrogens is 2. The summed E-state index contributed by atoms with van der Waals surface area (Å²) >= 11 is 0. The number of nitrogens with zero attached hydrogens (tertiary/aromatic N) is 4. The molecule has 156 valence electrons. The Morgan fingerprint density at radius 2 is 1.76 bits per heavy atom. The Morgan fingerprint density at radius 1 is 1.14 bits per heavy atom. The zero-order valence-electron chi connectivity index (χ0n) is 16.1. The minimum absolute atomic E-state index is 0.0113. The Kier molecular flexibility index (Phi) is 5.89. The van der Waals surface area contributed by atoms with Gasteiger partial charge in [-0.15, -0.1) is 0 Å². The summed E-state index contributed by atoms with van der Waals surface area (Å²) in [4.78, 5) is 25.7. The van der Waals surface area contributed by atoms with E-state index in [2.05, 4.69) is 5.10 Å². The summed E-state index contributed by atoms with van der Waals surface area (Å²) in [7, 11) is -2.25. The lowest BCUT2D eigenvalue weighted by atomic mass is 10.2. The van der Waals surface area contributed by atoms with Gasteiger partial charge < -0.3 is 14.7 Å². The van der Waals surface area contributed by atoms with Crippen LogP contribution in [-0.2, 0) is 17.1 Å². The zero-order chi connectivity index (χ0) is 21.2. The monoisotopic (exact) mass is 422 g/mol. The van der Waals surface area contributed by atoms with E-state index < -0.39 is 21.9 Å². The summed E-state index contributed by atoms with van der Waals surface area (Å²) in [5.74, 6) is -1.13. The van der Waals surface area contributed by atoms with Gasteiger partial charge in [0.05, 0.1) is 23.3 Å². The maximum atomic E-state index is 12.8. The number of aryl methyl sites for hydroxylation is 1. The van der Waals surface area contributed by atoms with Gasteiger partial charge in [-0.05, 0) is 31.2 Å². The highest BCUT2D eigenvalue weighted by atomic mass is 32.2. The van der Waals surface area contributed by atoms with Gasteiger partial charge in [0.2, 0.25) is 10.0 Å². The largest absolute Gasteiger partial charge is 0.494 e. The molecule has 0 bridgehead atoms. The summed E-state index contributed by atoms with van der Waals surface area (Å²) in [6.07, 6.45) is 1.22. The van der Waals surface area contributed by atoms with Crippen LogP contribution in [0.5, 0.6) is 5.75 Å². The van der Waals surface area contributed by atoms with Crippen molar-refractivity contribution < 1.29 is 27.9 Å². The standard InChI is InChI=1S/C18H22N4O6S/c1-3-28-13-4-6-14(7-5-13)29(26,27)22-10-8-21(9-11-22)17(23)15-12-19-20(2)16(15)18(24)25/h4-7,12H,3,8-11H2,1-2H3,(H,24,25). The fourth-order valence-corrected chi connectivity index (χ4v) is 4.60. The van der Waals surface area contributed by atoms with Crippen molar-refractivity contribution in [2.45, 2.75) is 11.8 Å². The first kappa shape index (κ1) is 20.8. The first-order valence-corrected chi connectivity index (χ1v) is 10.5. The van der Waals surface area contributed by atoms with Crippen LogP contribution in [0.25, 0.3) is 0 Å². The second kappa shape index (κ2) is 8.21. The second-order valence-corrected chi connectivity index (χ2v) is 8.37. The number of rotatable bonds is 6. The highest BCUT2D eigenvalue weighted by Gasteiger charge is 2.32. The molecule has 1 N–H and O–H groups in total. The smallest absolute Gasteiger partial charge is 0.354 e. The molecule has 1 saturated heterocycles. The molecule has 1 aromatic carbocycles. The van der Waals surface area contributed by atoms with Crippen LogP contribution in [0.2, 0.25) is 0 Å². The van der Waals surface area contributed by atoms with Crippen LogP contribution in [-0.4, -0.2) is 77.2 Å². The van der Waals surface area contributed by atoms with E-state index in [0.717, 1.165) is 4.68 Å². The Labute approximate surface area is 168 Å². The topological polar surface area (TPSA) is 122 Å². The minimum atomic E-state index is -3.70. The molecule has 10 nitrogen and oxygen atoms in total. The molecule has 1 aliphatic heterocycles. The summed E-state index contributed by atoms with van der Waals surface area (Å²) in [5.41, 5.74) is -0.206. The molecule has 3 rings (SSSR count). The number of hydrogen-bond donors (Lipinski definition) is 1. The fraction of sp³-hybridized carbons (Fsp3) is 0.389. The molecule has 0 radical (unpaired) electrons. The van der Waals surface area contributed by atoms with Crippen molar-refractivity contribution in [3.63, 3.8) is 0 Å². The van der Waals surface area contributed by atoms with Gasteiger partial charge in [-0.25, -0.2) is 13.2 Å². The SMILES string of the molecule is CCOc1ccc(S(=O)(=O)N2CCN(C(=O)c3cnn(C)c3C(=O)O)CC2)cc1. The van der Waals surface area contributed by atoms with E-state index in [1.807, 2.05) is 6.92 Å². The molecular formula is C18H22N4O6S. The average molecular weight is 422 g/mol. The van der Waals surface area contributed by atoms with Crippen LogP contribution in [0.15, 0.2) is 35.4 Å². The summed E-state index contributed by atoms with van der Waals surface area (Å²) in [5, 5.41) is 13.1. The lowest BCUT2D eigenvalue weighted by Crippen LogP contribution is -2.50. The molecule has 1 amide bonds. The van der Waals surface area contributed by atoms with Gasteiger partial charge in [-0.1, -0.05) is 0 Å². The minimum Gasteiger partial charge on any atom is -0.494 e. The molecule has 0 aliphatic carbocycles. The van der Waals surface area contributed by atoms with Crippen molar-refractivity contribution in [1.29, 1.82) is 0 Å². The number of sulfonamides is 1. The molecule has 11 heteroatoms. The summed E-state index contributed by atoms with van der Waals surface area (Å²) in [6.45, 7) is 2.87. The Balaban J connectivity index is 1.70. The van der Waals surface area contributed by atoms with Crippen LogP contribution in [0.4, 0.5) is 0 Å². The molecule has 2 heterocycles. The van der Waals surface area contributed by atoms with Gasteiger partial charge in [0.1, 0.15) is 5.75 Å².